The SMILES string of the molecule is CC(NCc1nccs1)c1ccc(-n2ccnc2)cc1. The minimum atomic E-state index is 0.302. The third-order valence-corrected chi connectivity index (χ3v) is 4.02. The lowest BCUT2D eigenvalue weighted by atomic mass is 10.1. The second kappa shape index (κ2) is 5.98. The fourth-order valence-corrected chi connectivity index (χ4v) is 2.61. The number of hydrogen-bond acceptors (Lipinski definition) is 4. The molecule has 0 saturated heterocycles. The molecular weight excluding hydrogens is 268 g/mol. The van der Waals surface area contributed by atoms with E-state index < -0.39 is 0 Å². The van der Waals surface area contributed by atoms with Crippen molar-refractivity contribution in [1.82, 2.24) is 19.9 Å². The maximum atomic E-state index is 4.28. The van der Waals surface area contributed by atoms with Crippen LogP contribution in [0.25, 0.3) is 5.69 Å². The van der Waals surface area contributed by atoms with Gasteiger partial charge in [0.25, 0.3) is 0 Å². The predicted molar refractivity (Wildman–Crippen MR) is 80.9 cm³/mol. The highest BCUT2D eigenvalue weighted by atomic mass is 32.1. The van der Waals surface area contributed by atoms with E-state index in [-0.39, 0.29) is 0 Å². The quantitative estimate of drug-likeness (QED) is 0.782. The molecule has 3 rings (SSSR count). The second-order valence-corrected chi connectivity index (χ2v) is 5.57. The largest absolute Gasteiger partial charge is 0.306 e. The van der Waals surface area contributed by atoms with Gasteiger partial charge in [-0.2, -0.15) is 0 Å². The summed E-state index contributed by atoms with van der Waals surface area (Å²) >= 11 is 1.68. The third kappa shape index (κ3) is 2.95. The standard InChI is InChI=1S/C15H16N4S/c1-12(18-10-15-17-7-9-20-15)13-2-4-14(5-3-13)19-8-6-16-11-19/h2-9,11-12,18H,10H2,1H3. The van der Waals surface area contributed by atoms with Crippen molar-refractivity contribution in [1.29, 1.82) is 0 Å². The maximum Gasteiger partial charge on any atom is 0.106 e. The first-order valence-corrected chi connectivity index (χ1v) is 7.41. The Morgan fingerprint density at radius 3 is 2.75 bits per heavy atom. The van der Waals surface area contributed by atoms with Crippen LogP contribution in [0.4, 0.5) is 0 Å². The molecular formula is C15H16N4S. The molecule has 5 heteroatoms. The molecule has 2 heterocycles. The lowest BCUT2D eigenvalue weighted by Crippen LogP contribution is -2.17. The van der Waals surface area contributed by atoms with Gasteiger partial charge in [0.05, 0.1) is 6.33 Å². The van der Waals surface area contributed by atoms with E-state index in [0.717, 1.165) is 17.2 Å². The van der Waals surface area contributed by atoms with E-state index in [1.807, 2.05) is 22.3 Å². The highest BCUT2D eigenvalue weighted by molar-refractivity contribution is 7.09. The first-order chi connectivity index (χ1) is 9.83. The molecule has 0 radical (unpaired) electrons. The van der Waals surface area contributed by atoms with Gasteiger partial charge in [0.15, 0.2) is 0 Å². The topological polar surface area (TPSA) is 42.7 Å². The average molecular weight is 284 g/mol. The molecule has 0 fully saturated rings. The van der Waals surface area contributed by atoms with Gasteiger partial charge in [-0.1, -0.05) is 12.1 Å². The van der Waals surface area contributed by atoms with Gasteiger partial charge >= 0.3 is 0 Å². The van der Waals surface area contributed by atoms with E-state index in [9.17, 15) is 0 Å². The van der Waals surface area contributed by atoms with Gasteiger partial charge in [-0.15, -0.1) is 11.3 Å². The highest BCUT2D eigenvalue weighted by Gasteiger charge is 2.06. The molecule has 102 valence electrons. The lowest BCUT2D eigenvalue weighted by molar-refractivity contribution is 0.573. The first kappa shape index (κ1) is 13.0. The zero-order valence-corrected chi connectivity index (χ0v) is 12.0. The number of hydrogen-bond donors (Lipinski definition) is 1. The summed E-state index contributed by atoms with van der Waals surface area (Å²) in [6.07, 6.45) is 7.37. The zero-order chi connectivity index (χ0) is 13.8. The predicted octanol–water partition coefficient (Wildman–Crippen LogP) is 3.18. The van der Waals surface area contributed by atoms with Crippen LogP contribution in [-0.4, -0.2) is 14.5 Å². The van der Waals surface area contributed by atoms with Crippen LogP contribution < -0.4 is 5.32 Å². The number of nitrogens with one attached hydrogen (secondary N) is 1. The number of thiazole rings is 1. The van der Waals surface area contributed by atoms with Crippen molar-refractivity contribution in [3.8, 4) is 5.69 Å². The van der Waals surface area contributed by atoms with Crippen LogP contribution in [0.1, 0.15) is 23.5 Å². The van der Waals surface area contributed by atoms with Crippen molar-refractivity contribution in [3.63, 3.8) is 0 Å². The van der Waals surface area contributed by atoms with E-state index in [1.165, 1.54) is 5.56 Å². The molecule has 0 aliphatic rings. The van der Waals surface area contributed by atoms with Gasteiger partial charge in [-0.3, -0.25) is 0 Å². The molecule has 2 aromatic heterocycles. The Morgan fingerprint density at radius 2 is 2.10 bits per heavy atom. The van der Waals surface area contributed by atoms with Crippen LogP contribution in [0.5, 0.6) is 0 Å². The van der Waals surface area contributed by atoms with Crippen LogP contribution in [0.2, 0.25) is 0 Å². The molecule has 0 spiro atoms. The summed E-state index contributed by atoms with van der Waals surface area (Å²) in [7, 11) is 0. The Kier molecular flexibility index (Phi) is 3.90. The minimum Gasteiger partial charge on any atom is -0.306 e. The van der Waals surface area contributed by atoms with Gasteiger partial charge in [0.2, 0.25) is 0 Å². The average Bonchev–Trinajstić information content (AvgIpc) is 3.18. The van der Waals surface area contributed by atoms with Gasteiger partial charge in [-0.25, -0.2) is 9.97 Å². The van der Waals surface area contributed by atoms with Crippen LogP contribution >= 0.6 is 11.3 Å². The Hall–Kier alpha value is -1.98. The molecule has 0 aliphatic carbocycles. The third-order valence-electron chi connectivity index (χ3n) is 3.24. The summed E-state index contributed by atoms with van der Waals surface area (Å²) in [5.41, 5.74) is 2.39. The second-order valence-electron chi connectivity index (χ2n) is 4.59. The molecule has 1 N–H and O–H groups in total. The Balaban J connectivity index is 1.65. The number of rotatable bonds is 5. The van der Waals surface area contributed by atoms with Crippen LogP contribution in [0, 0.1) is 0 Å². The Labute approximate surface area is 122 Å². The van der Waals surface area contributed by atoms with E-state index in [2.05, 4.69) is 46.5 Å². The fraction of sp³-hybridized carbons (Fsp3) is 0.200. The van der Waals surface area contributed by atoms with Crippen LogP contribution in [-0.2, 0) is 6.54 Å². The number of aromatic nitrogens is 3. The molecule has 0 amide bonds. The van der Waals surface area contributed by atoms with Crippen LogP contribution in [0.3, 0.4) is 0 Å². The summed E-state index contributed by atoms with van der Waals surface area (Å²) < 4.78 is 2.00. The van der Waals surface area contributed by atoms with Crippen molar-refractivity contribution < 1.29 is 0 Å². The van der Waals surface area contributed by atoms with Crippen molar-refractivity contribution in [2.24, 2.45) is 0 Å². The summed E-state index contributed by atoms with van der Waals surface area (Å²) in [5.74, 6) is 0. The van der Waals surface area contributed by atoms with Gasteiger partial charge in [0, 0.05) is 42.2 Å². The Morgan fingerprint density at radius 1 is 1.25 bits per heavy atom. The van der Waals surface area contributed by atoms with E-state index in [0.29, 0.717) is 6.04 Å². The summed E-state index contributed by atoms with van der Waals surface area (Å²) in [5, 5.41) is 6.60. The molecule has 1 atom stereocenters. The zero-order valence-electron chi connectivity index (χ0n) is 11.2. The van der Waals surface area contributed by atoms with E-state index >= 15 is 0 Å². The van der Waals surface area contributed by atoms with Crippen molar-refractivity contribution in [3.05, 3.63) is 65.1 Å². The maximum absolute atomic E-state index is 4.28. The van der Waals surface area contributed by atoms with Crippen LogP contribution in [0.15, 0.2) is 54.6 Å². The summed E-state index contributed by atoms with van der Waals surface area (Å²) in [4.78, 5) is 8.33. The fourth-order valence-electron chi connectivity index (χ4n) is 2.05. The van der Waals surface area contributed by atoms with Gasteiger partial charge in [-0.05, 0) is 24.6 Å². The monoisotopic (exact) mass is 284 g/mol. The molecule has 4 nitrogen and oxygen atoms in total. The number of nitrogens with zero attached hydrogens (tertiary/aromatic N) is 3. The molecule has 3 aromatic rings. The van der Waals surface area contributed by atoms with E-state index in [1.54, 1.807) is 23.9 Å². The van der Waals surface area contributed by atoms with E-state index in [4.69, 9.17) is 0 Å². The molecule has 0 saturated carbocycles. The molecule has 0 aliphatic heterocycles. The van der Waals surface area contributed by atoms with Gasteiger partial charge in [0.1, 0.15) is 5.01 Å². The normalized spacial score (nSPS) is 12.4. The summed E-state index contributed by atoms with van der Waals surface area (Å²) in [6, 6.07) is 8.82. The highest BCUT2D eigenvalue weighted by Crippen LogP contribution is 2.16. The number of imidazole rings is 1. The molecule has 0 bridgehead atoms. The van der Waals surface area contributed by atoms with Crippen molar-refractivity contribution in [2.75, 3.05) is 0 Å². The lowest BCUT2D eigenvalue weighted by Gasteiger charge is -2.14. The Bertz CT molecular complexity index is 629. The smallest absolute Gasteiger partial charge is 0.106 e. The molecule has 20 heavy (non-hydrogen) atoms. The summed E-state index contributed by atoms with van der Waals surface area (Å²) in [6.45, 7) is 2.97. The molecule has 1 aromatic carbocycles. The molecule has 1 unspecified atom stereocenters. The first-order valence-electron chi connectivity index (χ1n) is 6.53. The number of benzene rings is 1. The van der Waals surface area contributed by atoms with Gasteiger partial charge < -0.3 is 9.88 Å². The van der Waals surface area contributed by atoms with Crippen molar-refractivity contribution in [2.45, 2.75) is 19.5 Å². The minimum absolute atomic E-state index is 0.302. The van der Waals surface area contributed by atoms with Crippen molar-refractivity contribution >= 4 is 11.3 Å².